The Morgan fingerprint density at radius 2 is 2.12 bits per heavy atom. The number of carboxylic acid groups (broad SMARTS) is 1. The molecule has 2 N–H and O–H groups in total. The lowest BCUT2D eigenvalue weighted by Gasteiger charge is -2.21. The second-order valence-electron chi connectivity index (χ2n) is 3.55. The van der Waals surface area contributed by atoms with Crippen LogP contribution in [0.2, 0.25) is 0 Å². The van der Waals surface area contributed by atoms with Crippen LogP contribution in [0.3, 0.4) is 0 Å². The summed E-state index contributed by atoms with van der Waals surface area (Å²) in [6, 6.07) is -0.889. The molecule has 0 aromatic carbocycles. The fourth-order valence-electron chi connectivity index (χ4n) is 1.64. The number of carbonyl (C=O) groups is 2. The molecular weight excluding hydrogens is 236 g/mol. The van der Waals surface area contributed by atoms with Crippen molar-refractivity contribution in [2.45, 2.75) is 18.9 Å². The molecule has 1 aliphatic heterocycles. The summed E-state index contributed by atoms with van der Waals surface area (Å²) in [4.78, 5) is 23.5. The van der Waals surface area contributed by atoms with E-state index in [-0.39, 0.29) is 0 Å². The molecule has 0 radical (unpaired) electrons. The summed E-state index contributed by atoms with van der Waals surface area (Å²) in [7, 11) is -2.43. The third-order valence-electron chi connectivity index (χ3n) is 2.48. The maximum absolute atomic E-state index is 11.6. The molecule has 7 nitrogen and oxygen atoms in total. The third kappa shape index (κ3) is 2.92. The van der Waals surface area contributed by atoms with Gasteiger partial charge in [0, 0.05) is 6.54 Å². The van der Waals surface area contributed by atoms with Crippen molar-refractivity contribution in [3.8, 4) is 0 Å². The van der Waals surface area contributed by atoms with Crippen LogP contribution in [0.1, 0.15) is 12.8 Å². The number of nitrogens with one attached hydrogen (secondary N) is 1. The molecule has 1 heterocycles. The van der Waals surface area contributed by atoms with Gasteiger partial charge in [-0.3, -0.25) is 4.79 Å². The van der Waals surface area contributed by atoms with Crippen LogP contribution in [0.4, 0.5) is 0 Å². The molecule has 0 aliphatic carbocycles. The highest BCUT2D eigenvalue weighted by Gasteiger charge is 2.35. The van der Waals surface area contributed by atoms with E-state index < -0.39 is 33.7 Å². The van der Waals surface area contributed by atoms with Crippen LogP contribution < -0.4 is 4.72 Å². The lowest BCUT2D eigenvalue weighted by atomic mass is 10.2. The van der Waals surface area contributed by atoms with E-state index in [1.807, 2.05) is 4.72 Å². The normalized spacial score (nSPS) is 21.1. The highest BCUT2D eigenvalue weighted by molar-refractivity contribution is 7.90. The van der Waals surface area contributed by atoms with Gasteiger partial charge in [-0.1, -0.05) is 0 Å². The van der Waals surface area contributed by atoms with Gasteiger partial charge in [0.2, 0.25) is 15.9 Å². The van der Waals surface area contributed by atoms with Crippen molar-refractivity contribution in [1.82, 2.24) is 9.62 Å². The zero-order chi connectivity index (χ0) is 12.3. The second kappa shape index (κ2) is 4.79. The van der Waals surface area contributed by atoms with Crippen LogP contribution in [-0.2, 0) is 19.6 Å². The zero-order valence-corrected chi connectivity index (χ0v) is 9.66. The minimum Gasteiger partial charge on any atom is -0.480 e. The summed E-state index contributed by atoms with van der Waals surface area (Å²) < 4.78 is 24.3. The van der Waals surface area contributed by atoms with Crippen LogP contribution in [0.5, 0.6) is 0 Å². The smallest absolute Gasteiger partial charge is 0.326 e. The lowest BCUT2D eigenvalue weighted by Crippen LogP contribution is -2.44. The maximum atomic E-state index is 11.6. The molecule has 92 valence electrons. The number of nitrogens with zero attached hydrogens (tertiary/aromatic N) is 1. The van der Waals surface area contributed by atoms with E-state index in [0.29, 0.717) is 19.4 Å². The van der Waals surface area contributed by atoms with Crippen molar-refractivity contribution in [1.29, 1.82) is 0 Å². The van der Waals surface area contributed by atoms with Crippen LogP contribution in [0, 0.1) is 0 Å². The van der Waals surface area contributed by atoms with Gasteiger partial charge in [0.25, 0.3) is 0 Å². The Hall–Kier alpha value is -1.15. The number of rotatable bonds is 4. The van der Waals surface area contributed by atoms with Crippen LogP contribution in [0.25, 0.3) is 0 Å². The van der Waals surface area contributed by atoms with E-state index in [0.717, 1.165) is 4.90 Å². The van der Waals surface area contributed by atoms with E-state index in [1.165, 1.54) is 7.05 Å². The van der Waals surface area contributed by atoms with Crippen molar-refractivity contribution in [3.05, 3.63) is 0 Å². The zero-order valence-electron chi connectivity index (χ0n) is 8.84. The summed E-state index contributed by atoms with van der Waals surface area (Å²) in [6.45, 7) is 0.301. The van der Waals surface area contributed by atoms with Crippen molar-refractivity contribution in [2.24, 2.45) is 0 Å². The van der Waals surface area contributed by atoms with E-state index in [9.17, 15) is 18.0 Å². The average molecular weight is 250 g/mol. The summed E-state index contributed by atoms with van der Waals surface area (Å²) in [6.07, 6.45) is 0.961. The molecule has 16 heavy (non-hydrogen) atoms. The van der Waals surface area contributed by atoms with Crippen molar-refractivity contribution < 1.29 is 23.1 Å². The lowest BCUT2D eigenvalue weighted by molar-refractivity contribution is -0.147. The molecule has 1 rings (SSSR count). The molecule has 1 atom stereocenters. The molecule has 0 saturated carbocycles. The Bertz CT molecular complexity index is 391. The summed E-state index contributed by atoms with van der Waals surface area (Å²) in [5, 5.41) is 8.83. The molecule has 1 aliphatic rings. The highest BCUT2D eigenvalue weighted by atomic mass is 32.2. The summed E-state index contributed by atoms with van der Waals surface area (Å²) >= 11 is 0. The van der Waals surface area contributed by atoms with Gasteiger partial charge in [-0.2, -0.15) is 0 Å². The van der Waals surface area contributed by atoms with Gasteiger partial charge in [0.05, 0.1) is 0 Å². The molecule has 1 saturated heterocycles. The van der Waals surface area contributed by atoms with Gasteiger partial charge < -0.3 is 10.0 Å². The first-order chi connectivity index (χ1) is 7.37. The Kier molecular flexibility index (Phi) is 3.87. The molecule has 0 spiro atoms. The minimum absolute atomic E-state index is 0.301. The molecule has 1 amide bonds. The predicted molar refractivity (Wildman–Crippen MR) is 55.2 cm³/mol. The second-order valence-corrected chi connectivity index (χ2v) is 5.47. The van der Waals surface area contributed by atoms with Gasteiger partial charge in [0.1, 0.15) is 11.8 Å². The highest BCUT2D eigenvalue weighted by Crippen LogP contribution is 2.17. The topological polar surface area (TPSA) is 104 Å². The molecule has 1 fully saturated rings. The largest absolute Gasteiger partial charge is 0.480 e. The molecule has 8 heteroatoms. The predicted octanol–water partition coefficient (Wildman–Crippen LogP) is -1.39. The Morgan fingerprint density at radius 1 is 1.50 bits per heavy atom. The number of likely N-dealkylation sites (tertiary alicyclic amines) is 1. The number of hydrogen-bond acceptors (Lipinski definition) is 4. The fourth-order valence-corrected chi connectivity index (χ4v) is 2.27. The molecule has 0 aromatic rings. The summed E-state index contributed by atoms with van der Waals surface area (Å²) in [5.74, 6) is -2.46. The van der Waals surface area contributed by atoms with Crippen LogP contribution in [-0.4, -0.2) is 55.7 Å². The Morgan fingerprint density at radius 3 is 2.62 bits per heavy atom. The van der Waals surface area contributed by atoms with Crippen molar-refractivity contribution >= 4 is 21.9 Å². The van der Waals surface area contributed by atoms with Crippen molar-refractivity contribution in [3.63, 3.8) is 0 Å². The van der Waals surface area contributed by atoms with Gasteiger partial charge in [-0.05, 0) is 19.9 Å². The molecule has 0 bridgehead atoms. The maximum Gasteiger partial charge on any atom is 0.326 e. The SMILES string of the molecule is CNS(=O)(=O)CC(=O)N1CCCC1C(=O)O. The van der Waals surface area contributed by atoms with Gasteiger partial charge in [0.15, 0.2) is 0 Å². The van der Waals surface area contributed by atoms with E-state index in [4.69, 9.17) is 5.11 Å². The van der Waals surface area contributed by atoms with Crippen LogP contribution in [0.15, 0.2) is 0 Å². The molecule has 0 aromatic heterocycles. The van der Waals surface area contributed by atoms with E-state index in [1.54, 1.807) is 0 Å². The Balaban J connectivity index is 2.71. The first kappa shape index (κ1) is 12.9. The van der Waals surface area contributed by atoms with E-state index >= 15 is 0 Å². The van der Waals surface area contributed by atoms with Gasteiger partial charge in [-0.25, -0.2) is 17.9 Å². The molecule has 1 unspecified atom stereocenters. The fraction of sp³-hybridized carbons (Fsp3) is 0.750. The first-order valence-corrected chi connectivity index (χ1v) is 6.46. The van der Waals surface area contributed by atoms with Crippen LogP contribution >= 0.6 is 0 Å². The molecular formula is C8H14N2O5S. The standard InChI is InChI=1S/C8H14N2O5S/c1-9-16(14,15)5-7(11)10-4-2-3-6(10)8(12)13/h6,9H,2-5H2,1H3,(H,12,13). The third-order valence-corrected chi connectivity index (χ3v) is 3.73. The number of amides is 1. The Labute approximate surface area is 93.5 Å². The number of hydrogen-bond donors (Lipinski definition) is 2. The summed E-state index contributed by atoms with van der Waals surface area (Å²) in [5.41, 5.74) is 0. The quantitative estimate of drug-likeness (QED) is 0.639. The van der Waals surface area contributed by atoms with E-state index in [2.05, 4.69) is 0 Å². The first-order valence-electron chi connectivity index (χ1n) is 4.81. The van der Waals surface area contributed by atoms with Gasteiger partial charge >= 0.3 is 5.97 Å². The van der Waals surface area contributed by atoms with Crippen molar-refractivity contribution in [2.75, 3.05) is 19.3 Å². The van der Waals surface area contributed by atoms with Gasteiger partial charge in [-0.15, -0.1) is 0 Å². The number of carbonyl (C=O) groups excluding carboxylic acids is 1. The average Bonchev–Trinajstić information content (AvgIpc) is 2.65. The number of carboxylic acids is 1. The number of sulfonamides is 1. The monoisotopic (exact) mass is 250 g/mol. The minimum atomic E-state index is -3.64. The number of aliphatic carboxylic acids is 1.